The first-order valence-electron chi connectivity index (χ1n) is 6.63. The lowest BCUT2D eigenvalue weighted by Crippen LogP contribution is -2.27. The number of hydrogen-bond acceptors (Lipinski definition) is 4. The zero-order valence-electron chi connectivity index (χ0n) is 11.5. The molecular formula is C13H20ClN3O3S. The van der Waals surface area contributed by atoms with Crippen molar-refractivity contribution in [3.8, 4) is 0 Å². The minimum Gasteiger partial charge on any atom is -0.352 e. The molecule has 1 aliphatic carbocycles. The Labute approximate surface area is 130 Å². The Hall–Kier alpha value is -1.15. The molecule has 118 valence electrons. The van der Waals surface area contributed by atoms with Gasteiger partial charge in [0.1, 0.15) is 0 Å². The van der Waals surface area contributed by atoms with Crippen molar-refractivity contribution in [2.75, 3.05) is 13.1 Å². The third-order valence-corrected chi connectivity index (χ3v) is 4.53. The van der Waals surface area contributed by atoms with E-state index in [1.807, 2.05) is 0 Å². The molecule has 1 fully saturated rings. The van der Waals surface area contributed by atoms with Gasteiger partial charge in [-0.15, -0.1) is 12.4 Å². The van der Waals surface area contributed by atoms with Crippen molar-refractivity contribution < 1.29 is 13.2 Å². The van der Waals surface area contributed by atoms with E-state index in [-0.39, 0.29) is 29.3 Å². The molecule has 1 amide bonds. The van der Waals surface area contributed by atoms with E-state index in [9.17, 15) is 13.2 Å². The highest BCUT2D eigenvalue weighted by Gasteiger charge is 2.27. The van der Waals surface area contributed by atoms with Crippen LogP contribution in [0.2, 0.25) is 0 Å². The lowest BCUT2D eigenvalue weighted by atomic mass is 10.2. The maximum atomic E-state index is 11.9. The molecule has 1 aromatic rings. The number of halogens is 1. The summed E-state index contributed by atoms with van der Waals surface area (Å²) in [5, 5.41) is 2.72. The van der Waals surface area contributed by atoms with Crippen LogP contribution in [-0.4, -0.2) is 33.5 Å². The van der Waals surface area contributed by atoms with Gasteiger partial charge >= 0.3 is 0 Å². The molecule has 0 bridgehead atoms. The minimum absolute atomic E-state index is 0. The topological polar surface area (TPSA) is 101 Å². The van der Waals surface area contributed by atoms with Crippen LogP contribution in [0.25, 0.3) is 0 Å². The van der Waals surface area contributed by atoms with E-state index in [1.165, 1.54) is 24.3 Å². The predicted molar refractivity (Wildman–Crippen MR) is 83.0 cm³/mol. The third kappa shape index (κ3) is 5.28. The number of rotatable bonds is 7. The minimum atomic E-state index is -3.46. The fourth-order valence-corrected chi connectivity index (χ4v) is 2.99. The Morgan fingerprint density at radius 1 is 1.24 bits per heavy atom. The summed E-state index contributed by atoms with van der Waals surface area (Å²) in [4.78, 5) is 11.9. The molecule has 0 heterocycles. The summed E-state index contributed by atoms with van der Waals surface area (Å²) in [7, 11) is -3.46. The molecule has 0 radical (unpaired) electrons. The van der Waals surface area contributed by atoms with Crippen molar-refractivity contribution in [3.05, 3.63) is 29.8 Å². The molecule has 8 heteroatoms. The standard InChI is InChI=1S/C13H19N3O3S.ClH/c14-8-1-9-15-13(17)10-2-6-12(7-3-10)20(18,19)16-11-4-5-11;/h2-3,6-7,11,16H,1,4-5,8-9,14H2,(H,15,17);1H. The molecule has 0 aliphatic heterocycles. The SMILES string of the molecule is Cl.NCCCNC(=O)c1ccc(S(=O)(=O)NC2CC2)cc1. The van der Waals surface area contributed by atoms with Gasteiger partial charge in [0.15, 0.2) is 0 Å². The van der Waals surface area contributed by atoms with Crippen LogP contribution in [0.1, 0.15) is 29.6 Å². The molecule has 4 N–H and O–H groups in total. The van der Waals surface area contributed by atoms with Crippen LogP contribution in [-0.2, 0) is 10.0 Å². The molecular weight excluding hydrogens is 314 g/mol. The summed E-state index contributed by atoms with van der Waals surface area (Å²) in [5.41, 5.74) is 5.78. The number of sulfonamides is 1. The van der Waals surface area contributed by atoms with Crippen LogP contribution < -0.4 is 15.8 Å². The molecule has 0 unspecified atom stereocenters. The molecule has 0 atom stereocenters. The van der Waals surface area contributed by atoms with Crippen molar-refractivity contribution in [2.45, 2.75) is 30.2 Å². The molecule has 2 rings (SSSR count). The van der Waals surface area contributed by atoms with Gasteiger partial charge in [0.2, 0.25) is 10.0 Å². The summed E-state index contributed by atoms with van der Waals surface area (Å²) in [6.45, 7) is 1.03. The van der Waals surface area contributed by atoms with Gasteiger partial charge in [-0.2, -0.15) is 0 Å². The van der Waals surface area contributed by atoms with Gasteiger partial charge in [-0.3, -0.25) is 4.79 Å². The van der Waals surface area contributed by atoms with Crippen LogP contribution in [0.5, 0.6) is 0 Å². The smallest absolute Gasteiger partial charge is 0.251 e. The van der Waals surface area contributed by atoms with Crippen molar-refractivity contribution in [3.63, 3.8) is 0 Å². The number of hydrogen-bond donors (Lipinski definition) is 3. The molecule has 0 spiro atoms. The predicted octanol–water partition coefficient (Wildman–Crippen LogP) is 0.628. The van der Waals surface area contributed by atoms with Gasteiger partial charge in [-0.25, -0.2) is 13.1 Å². The second kappa shape index (κ2) is 7.74. The van der Waals surface area contributed by atoms with E-state index in [0.29, 0.717) is 25.1 Å². The van der Waals surface area contributed by atoms with Crippen molar-refractivity contribution in [2.24, 2.45) is 5.73 Å². The first kappa shape index (κ1) is 17.9. The van der Waals surface area contributed by atoms with Crippen LogP contribution >= 0.6 is 12.4 Å². The first-order valence-corrected chi connectivity index (χ1v) is 8.12. The molecule has 21 heavy (non-hydrogen) atoms. The van der Waals surface area contributed by atoms with E-state index < -0.39 is 10.0 Å². The van der Waals surface area contributed by atoms with E-state index in [0.717, 1.165) is 12.8 Å². The maximum absolute atomic E-state index is 11.9. The van der Waals surface area contributed by atoms with Gasteiger partial charge in [-0.1, -0.05) is 0 Å². The Balaban J connectivity index is 0.00000220. The van der Waals surface area contributed by atoms with Crippen LogP contribution in [0.4, 0.5) is 0 Å². The third-order valence-electron chi connectivity index (χ3n) is 2.99. The number of benzene rings is 1. The lowest BCUT2D eigenvalue weighted by Gasteiger charge is -2.07. The van der Waals surface area contributed by atoms with Gasteiger partial charge < -0.3 is 11.1 Å². The summed E-state index contributed by atoms with van der Waals surface area (Å²) < 4.78 is 26.5. The zero-order valence-corrected chi connectivity index (χ0v) is 13.2. The second-order valence-electron chi connectivity index (χ2n) is 4.82. The number of nitrogens with two attached hydrogens (primary N) is 1. The largest absolute Gasteiger partial charge is 0.352 e. The Morgan fingerprint density at radius 2 is 1.86 bits per heavy atom. The van der Waals surface area contributed by atoms with Crippen molar-refractivity contribution in [1.29, 1.82) is 0 Å². The average molecular weight is 334 g/mol. The van der Waals surface area contributed by atoms with Crippen molar-refractivity contribution in [1.82, 2.24) is 10.0 Å². The summed E-state index contributed by atoms with van der Waals surface area (Å²) >= 11 is 0. The number of carbonyl (C=O) groups is 1. The summed E-state index contributed by atoms with van der Waals surface area (Å²) in [6, 6.07) is 5.99. The van der Waals surface area contributed by atoms with E-state index >= 15 is 0 Å². The van der Waals surface area contributed by atoms with Gasteiger partial charge in [0.25, 0.3) is 5.91 Å². The van der Waals surface area contributed by atoms with Gasteiger partial charge in [0.05, 0.1) is 4.90 Å². The van der Waals surface area contributed by atoms with E-state index in [4.69, 9.17) is 5.73 Å². The number of carbonyl (C=O) groups excluding carboxylic acids is 1. The van der Waals surface area contributed by atoms with Crippen molar-refractivity contribution >= 4 is 28.3 Å². The summed E-state index contributed by atoms with van der Waals surface area (Å²) in [5.74, 6) is -0.224. The Morgan fingerprint density at radius 3 is 2.38 bits per heavy atom. The molecule has 1 saturated carbocycles. The van der Waals surface area contributed by atoms with Crippen LogP contribution in [0.3, 0.4) is 0 Å². The normalized spacial score (nSPS) is 14.3. The van der Waals surface area contributed by atoms with Gasteiger partial charge in [0, 0.05) is 18.2 Å². The first-order chi connectivity index (χ1) is 9.53. The zero-order chi connectivity index (χ0) is 14.6. The van der Waals surface area contributed by atoms with E-state index in [1.54, 1.807) is 0 Å². The van der Waals surface area contributed by atoms with Crippen LogP contribution in [0, 0.1) is 0 Å². The quantitative estimate of drug-likeness (QED) is 0.637. The van der Waals surface area contributed by atoms with E-state index in [2.05, 4.69) is 10.0 Å². The highest BCUT2D eigenvalue weighted by Crippen LogP contribution is 2.22. The molecule has 0 aromatic heterocycles. The van der Waals surface area contributed by atoms with Crippen LogP contribution in [0.15, 0.2) is 29.2 Å². The monoisotopic (exact) mass is 333 g/mol. The maximum Gasteiger partial charge on any atom is 0.251 e. The highest BCUT2D eigenvalue weighted by molar-refractivity contribution is 7.89. The fraction of sp³-hybridized carbons (Fsp3) is 0.462. The Bertz CT molecular complexity index is 571. The second-order valence-corrected chi connectivity index (χ2v) is 6.53. The van der Waals surface area contributed by atoms with Gasteiger partial charge in [-0.05, 0) is 50.1 Å². The molecule has 0 saturated heterocycles. The number of amides is 1. The molecule has 1 aromatic carbocycles. The fourth-order valence-electron chi connectivity index (χ4n) is 1.68. The Kier molecular flexibility index (Phi) is 6.60. The molecule has 6 nitrogen and oxygen atoms in total. The lowest BCUT2D eigenvalue weighted by molar-refractivity contribution is 0.0953. The number of nitrogens with one attached hydrogen (secondary N) is 2. The highest BCUT2D eigenvalue weighted by atomic mass is 35.5. The summed E-state index contributed by atoms with van der Waals surface area (Å²) in [6.07, 6.45) is 2.49. The molecule has 1 aliphatic rings. The average Bonchev–Trinajstić information content (AvgIpc) is 3.22.